The molecule has 0 amide bonds. The van der Waals surface area contributed by atoms with Gasteiger partial charge in [0.25, 0.3) is 0 Å². The highest BCUT2D eigenvalue weighted by atomic mass is 19.1. The summed E-state index contributed by atoms with van der Waals surface area (Å²) < 4.78 is 27.6. The summed E-state index contributed by atoms with van der Waals surface area (Å²) in [6.07, 6.45) is 1.46. The molecule has 3 rings (SSSR count). The van der Waals surface area contributed by atoms with Gasteiger partial charge in [-0.25, -0.2) is 8.78 Å². The van der Waals surface area contributed by atoms with Crippen molar-refractivity contribution in [3.8, 4) is 0 Å². The molecule has 2 nitrogen and oxygen atoms in total. The van der Waals surface area contributed by atoms with Gasteiger partial charge in [-0.2, -0.15) is 0 Å². The Hall–Kier alpha value is -1.94. The molecule has 1 aliphatic rings. The number of rotatable bonds is 3. The highest BCUT2D eigenvalue weighted by Crippen LogP contribution is 2.36. The first-order valence-electron chi connectivity index (χ1n) is 6.73. The summed E-state index contributed by atoms with van der Waals surface area (Å²) in [6.45, 7) is 1.17. The number of halogens is 2. The summed E-state index contributed by atoms with van der Waals surface area (Å²) in [5, 5.41) is 0. The molecule has 0 saturated carbocycles. The Balaban J connectivity index is 1.98. The summed E-state index contributed by atoms with van der Waals surface area (Å²) in [5.41, 5.74) is 8.67. The number of fused-ring (bicyclic) bond motifs is 1. The lowest BCUT2D eigenvalue weighted by atomic mass is 10.1. The predicted molar refractivity (Wildman–Crippen MR) is 76.3 cm³/mol. The van der Waals surface area contributed by atoms with Crippen LogP contribution < -0.4 is 10.6 Å². The molecule has 0 bridgehead atoms. The summed E-state index contributed by atoms with van der Waals surface area (Å²) in [5.74, 6) is -0.580. The average molecular weight is 274 g/mol. The monoisotopic (exact) mass is 274 g/mol. The van der Waals surface area contributed by atoms with E-state index < -0.39 is 0 Å². The number of benzene rings is 2. The Morgan fingerprint density at radius 2 is 1.90 bits per heavy atom. The number of hydrogen-bond donors (Lipinski definition) is 1. The number of nitrogens with two attached hydrogens (primary N) is 1. The van der Waals surface area contributed by atoms with Crippen molar-refractivity contribution in [2.75, 3.05) is 18.0 Å². The van der Waals surface area contributed by atoms with Crippen molar-refractivity contribution in [2.45, 2.75) is 12.8 Å². The minimum Gasteiger partial charge on any atom is -0.338 e. The van der Waals surface area contributed by atoms with Crippen LogP contribution in [0.4, 0.5) is 20.2 Å². The maximum Gasteiger partial charge on any atom is 0.147 e. The van der Waals surface area contributed by atoms with E-state index in [1.807, 2.05) is 11.0 Å². The number of hydrogen-bond acceptors (Lipinski definition) is 2. The Labute approximate surface area is 116 Å². The second-order valence-electron chi connectivity index (χ2n) is 5.00. The highest BCUT2D eigenvalue weighted by Gasteiger charge is 2.23. The average Bonchev–Trinajstić information content (AvgIpc) is 2.82. The van der Waals surface area contributed by atoms with Gasteiger partial charge in [0.15, 0.2) is 0 Å². The van der Waals surface area contributed by atoms with E-state index in [-0.39, 0.29) is 11.6 Å². The van der Waals surface area contributed by atoms with Gasteiger partial charge in [-0.05, 0) is 54.8 Å². The lowest BCUT2D eigenvalue weighted by Gasteiger charge is -2.20. The van der Waals surface area contributed by atoms with E-state index in [0.29, 0.717) is 25.2 Å². The molecule has 0 unspecified atom stereocenters. The molecular weight excluding hydrogens is 258 g/mol. The third-order valence-corrected chi connectivity index (χ3v) is 3.68. The summed E-state index contributed by atoms with van der Waals surface area (Å²) in [6, 6.07) is 9.83. The quantitative estimate of drug-likeness (QED) is 0.931. The zero-order valence-corrected chi connectivity index (χ0v) is 11.1. The standard InChI is InChI=1S/C16H16F2N2/c17-13-3-2-12-6-8-20(16(12)10-13)15-4-1-11(5-7-19)9-14(15)18/h1-4,9-10H,5-8,19H2. The molecule has 0 saturated heterocycles. The fourth-order valence-corrected chi connectivity index (χ4v) is 2.69. The molecule has 0 atom stereocenters. The van der Waals surface area contributed by atoms with Crippen molar-refractivity contribution in [1.82, 2.24) is 0 Å². The molecule has 0 aromatic heterocycles. The molecule has 0 spiro atoms. The maximum absolute atomic E-state index is 14.2. The van der Waals surface area contributed by atoms with Crippen LogP contribution in [0.5, 0.6) is 0 Å². The van der Waals surface area contributed by atoms with Crippen LogP contribution in [0.2, 0.25) is 0 Å². The third-order valence-electron chi connectivity index (χ3n) is 3.68. The van der Waals surface area contributed by atoms with Gasteiger partial charge in [-0.3, -0.25) is 0 Å². The second kappa shape index (κ2) is 5.21. The van der Waals surface area contributed by atoms with Gasteiger partial charge >= 0.3 is 0 Å². The first kappa shape index (κ1) is 13.1. The van der Waals surface area contributed by atoms with Crippen molar-refractivity contribution in [3.63, 3.8) is 0 Å². The molecule has 0 radical (unpaired) electrons. The van der Waals surface area contributed by atoms with E-state index >= 15 is 0 Å². The SMILES string of the molecule is NCCc1ccc(N2CCc3ccc(F)cc32)c(F)c1. The zero-order chi connectivity index (χ0) is 14.1. The largest absolute Gasteiger partial charge is 0.338 e. The van der Waals surface area contributed by atoms with Crippen LogP contribution in [0.1, 0.15) is 11.1 Å². The summed E-state index contributed by atoms with van der Waals surface area (Å²) in [7, 11) is 0. The molecule has 104 valence electrons. The summed E-state index contributed by atoms with van der Waals surface area (Å²) >= 11 is 0. The van der Waals surface area contributed by atoms with E-state index in [9.17, 15) is 8.78 Å². The van der Waals surface area contributed by atoms with Crippen LogP contribution in [-0.4, -0.2) is 13.1 Å². The Morgan fingerprint density at radius 1 is 1.05 bits per heavy atom. The van der Waals surface area contributed by atoms with Crippen LogP contribution in [0.15, 0.2) is 36.4 Å². The van der Waals surface area contributed by atoms with E-state index in [2.05, 4.69) is 0 Å². The number of anilines is 2. The lowest BCUT2D eigenvalue weighted by molar-refractivity contribution is 0.621. The van der Waals surface area contributed by atoms with Crippen molar-refractivity contribution in [1.29, 1.82) is 0 Å². The Morgan fingerprint density at radius 3 is 2.65 bits per heavy atom. The Kier molecular flexibility index (Phi) is 3.40. The van der Waals surface area contributed by atoms with Crippen molar-refractivity contribution in [3.05, 3.63) is 59.2 Å². The minimum absolute atomic E-state index is 0.284. The first-order chi connectivity index (χ1) is 9.69. The van der Waals surface area contributed by atoms with Crippen LogP contribution in [-0.2, 0) is 12.8 Å². The van der Waals surface area contributed by atoms with Crippen molar-refractivity contribution >= 4 is 11.4 Å². The van der Waals surface area contributed by atoms with Gasteiger partial charge in [-0.15, -0.1) is 0 Å². The van der Waals surface area contributed by atoms with Crippen molar-refractivity contribution in [2.24, 2.45) is 5.73 Å². The van der Waals surface area contributed by atoms with Gasteiger partial charge < -0.3 is 10.6 Å². The van der Waals surface area contributed by atoms with Gasteiger partial charge in [0.2, 0.25) is 0 Å². The predicted octanol–water partition coefficient (Wildman–Crippen LogP) is 3.16. The molecule has 20 heavy (non-hydrogen) atoms. The van der Waals surface area contributed by atoms with Crippen LogP contribution in [0.25, 0.3) is 0 Å². The molecule has 2 N–H and O–H groups in total. The van der Waals surface area contributed by atoms with Gasteiger partial charge in [0.1, 0.15) is 11.6 Å². The molecule has 2 aromatic carbocycles. The van der Waals surface area contributed by atoms with Crippen LogP contribution >= 0.6 is 0 Å². The molecule has 4 heteroatoms. The molecule has 0 aliphatic carbocycles. The topological polar surface area (TPSA) is 29.3 Å². The smallest absolute Gasteiger partial charge is 0.147 e. The van der Waals surface area contributed by atoms with E-state index in [1.165, 1.54) is 18.2 Å². The van der Waals surface area contributed by atoms with E-state index in [4.69, 9.17) is 5.73 Å². The fourth-order valence-electron chi connectivity index (χ4n) is 2.69. The van der Waals surface area contributed by atoms with Gasteiger partial charge in [-0.1, -0.05) is 12.1 Å². The highest BCUT2D eigenvalue weighted by molar-refractivity contribution is 5.70. The third kappa shape index (κ3) is 2.27. The molecular formula is C16H16F2N2. The van der Waals surface area contributed by atoms with Gasteiger partial charge in [0.05, 0.1) is 5.69 Å². The second-order valence-corrected chi connectivity index (χ2v) is 5.00. The first-order valence-corrected chi connectivity index (χ1v) is 6.73. The molecule has 1 aliphatic heterocycles. The zero-order valence-electron chi connectivity index (χ0n) is 11.1. The van der Waals surface area contributed by atoms with E-state index in [0.717, 1.165) is 23.2 Å². The van der Waals surface area contributed by atoms with Crippen LogP contribution in [0, 0.1) is 11.6 Å². The minimum atomic E-state index is -0.296. The maximum atomic E-state index is 14.2. The molecule has 0 fully saturated rings. The summed E-state index contributed by atoms with van der Waals surface area (Å²) in [4.78, 5) is 1.83. The molecule has 1 heterocycles. The van der Waals surface area contributed by atoms with Crippen LogP contribution in [0.3, 0.4) is 0 Å². The lowest BCUT2D eigenvalue weighted by Crippen LogP contribution is -2.15. The van der Waals surface area contributed by atoms with E-state index in [1.54, 1.807) is 12.1 Å². The normalized spacial score (nSPS) is 13.7. The van der Waals surface area contributed by atoms with Gasteiger partial charge in [0, 0.05) is 12.2 Å². The van der Waals surface area contributed by atoms with Crippen molar-refractivity contribution < 1.29 is 8.78 Å². The Bertz CT molecular complexity index is 640. The number of nitrogens with zero attached hydrogens (tertiary/aromatic N) is 1. The fraction of sp³-hybridized carbons (Fsp3) is 0.250. The molecule has 2 aromatic rings.